The van der Waals surface area contributed by atoms with E-state index >= 15 is 0 Å². The Hall–Kier alpha value is -0.350. The van der Waals surface area contributed by atoms with E-state index in [0.29, 0.717) is 15.8 Å². The van der Waals surface area contributed by atoms with E-state index in [-0.39, 0.29) is 11.3 Å². The number of halogens is 2. The standard InChI is InChI=1S/C10H10BrFOS/c1-3-8(13)6-4-5-7(11)10(14-2)9(6)12/h4-5H,3H2,1-2H3. The third-order valence-electron chi connectivity index (χ3n) is 1.87. The molecule has 0 spiro atoms. The second-order valence-corrected chi connectivity index (χ2v) is 4.39. The molecule has 0 fully saturated rings. The molecule has 1 aromatic rings. The highest BCUT2D eigenvalue weighted by Crippen LogP contribution is 2.30. The molecule has 0 aliphatic heterocycles. The van der Waals surface area contributed by atoms with Crippen molar-refractivity contribution in [3.8, 4) is 0 Å². The number of carbonyl (C=O) groups excluding carboxylic acids is 1. The van der Waals surface area contributed by atoms with Gasteiger partial charge in [-0.05, 0) is 34.3 Å². The number of carbonyl (C=O) groups is 1. The lowest BCUT2D eigenvalue weighted by atomic mass is 10.1. The second-order valence-electron chi connectivity index (χ2n) is 2.72. The Balaban J connectivity index is 3.28. The van der Waals surface area contributed by atoms with Crippen LogP contribution in [0.25, 0.3) is 0 Å². The number of thioether (sulfide) groups is 1. The van der Waals surface area contributed by atoms with E-state index in [4.69, 9.17) is 0 Å². The van der Waals surface area contributed by atoms with Gasteiger partial charge in [0.15, 0.2) is 5.78 Å². The topological polar surface area (TPSA) is 17.1 Å². The molecule has 14 heavy (non-hydrogen) atoms. The second kappa shape index (κ2) is 4.94. The van der Waals surface area contributed by atoms with Crippen molar-refractivity contribution in [2.75, 3.05) is 6.26 Å². The van der Waals surface area contributed by atoms with Crippen LogP contribution in [0.1, 0.15) is 23.7 Å². The number of Topliss-reactive ketones (excluding diaryl/α,β-unsaturated/α-hetero) is 1. The summed E-state index contributed by atoms with van der Waals surface area (Å²) in [5.74, 6) is -0.580. The van der Waals surface area contributed by atoms with Crippen LogP contribution < -0.4 is 0 Å². The zero-order valence-corrected chi connectivity index (χ0v) is 10.3. The van der Waals surface area contributed by atoms with Gasteiger partial charge >= 0.3 is 0 Å². The summed E-state index contributed by atoms with van der Waals surface area (Å²) in [5.41, 5.74) is 0.181. The van der Waals surface area contributed by atoms with E-state index in [9.17, 15) is 9.18 Å². The fraction of sp³-hybridized carbons (Fsp3) is 0.300. The van der Waals surface area contributed by atoms with Crippen LogP contribution in [0.4, 0.5) is 4.39 Å². The highest BCUT2D eigenvalue weighted by Gasteiger charge is 2.15. The van der Waals surface area contributed by atoms with E-state index in [1.54, 1.807) is 19.2 Å². The maximum absolute atomic E-state index is 13.7. The Bertz CT molecular complexity index is 365. The fourth-order valence-electron chi connectivity index (χ4n) is 1.13. The van der Waals surface area contributed by atoms with Gasteiger partial charge in [-0.1, -0.05) is 6.92 Å². The van der Waals surface area contributed by atoms with Crippen LogP contribution >= 0.6 is 27.7 Å². The maximum Gasteiger partial charge on any atom is 0.165 e. The number of rotatable bonds is 3. The smallest absolute Gasteiger partial charge is 0.165 e. The number of hydrogen-bond donors (Lipinski definition) is 0. The summed E-state index contributed by atoms with van der Waals surface area (Å²) >= 11 is 4.53. The molecule has 0 saturated carbocycles. The molecule has 76 valence electrons. The van der Waals surface area contributed by atoms with Gasteiger partial charge in [-0.25, -0.2) is 4.39 Å². The Labute approximate surface area is 95.2 Å². The van der Waals surface area contributed by atoms with Crippen molar-refractivity contribution in [3.63, 3.8) is 0 Å². The zero-order chi connectivity index (χ0) is 10.7. The number of ketones is 1. The summed E-state index contributed by atoms with van der Waals surface area (Å²) < 4.78 is 14.4. The normalized spacial score (nSPS) is 10.3. The molecule has 0 unspecified atom stereocenters. The molecule has 0 N–H and O–H groups in total. The van der Waals surface area contributed by atoms with Crippen molar-refractivity contribution >= 4 is 33.5 Å². The van der Waals surface area contributed by atoms with Gasteiger partial charge in [-0.15, -0.1) is 11.8 Å². The molecule has 0 aromatic heterocycles. The molecular weight excluding hydrogens is 267 g/mol. The minimum Gasteiger partial charge on any atom is -0.294 e. The van der Waals surface area contributed by atoms with Crippen LogP contribution in [0, 0.1) is 5.82 Å². The Morgan fingerprint density at radius 3 is 2.71 bits per heavy atom. The van der Waals surface area contributed by atoms with E-state index in [1.165, 1.54) is 17.8 Å². The molecule has 1 rings (SSSR count). The van der Waals surface area contributed by atoms with Gasteiger partial charge in [0.05, 0.1) is 10.5 Å². The summed E-state index contributed by atoms with van der Waals surface area (Å²) in [6, 6.07) is 3.22. The zero-order valence-electron chi connectivity index (χ0n) is 7.93. The van der Waals surface area contributed by atoms with Crippen LogP contribution in [0.2, 0.25) is 0 Å². The molecule has 4 heteroatoms. The van der Waals surface area contributed by atoms with Crippen LogP contribution in [0.15, 0.2) is 21.5 Å². The van der Waals surface area contributed by atoms with Crippen molar-refractivity contribution in [1.29, 1.82) is 0 Å². The molecule has 0 atom stereocenters. The highest BCUT2D eigenvalue weighted by molar-refractivity contribution is 9.10. The van der Waals surface area contributed by atoms with Gasteiger partial charge < -0.3 is 0 Å². The predicted molar refractivity (Wildman–Crippen MR) is 60.5 cm³/mol. The minimum absolute atomic E-state index is 0.162. The van der Waals surface area contributed by atoms with Crippen molar-refractivity contribution in [2.24, 2.45) is 0 Å². The SMILES string of the molecule is CCC(=O)c1ccc(Br)c(SC)c1F. The molecular formula is C10H10BrFOS. The molecule has 0 aliphatic carbocycles. The van der Waals surface area contributed by atoms with E-state index in [1.807, 2.05) is 0 Å². The first-order chi connectivity index (χ1) is 6.61. The van der Waals surface area contributed by atoms with Crippen molar-refractivity contribution in [3.05, 3.63) is 28.0 Å². The van der Waals surface area contributed by atoms with E-state index in [2.05, 4.69) is 15.9 Å². The third kappa shape index (κ3) is 2.17. The van der Waals surface area contributed by atoms with Gasteiger partial charge in [-0.2, -0.15) is 0 Å². The quantitative estimate of drug-likeness (QED) is 0.615. The number of hydrogen-bond acceptors (Lipinski definition) is 2. The lowest BCUT2D eigenvalue weighted by Crippen LogP contribution is -2.01. The Kier molecular flexibility index (Phi) is 4.13. The summed E-state index contributed by atoms with van der Waals surface area (Å²) in [5, 5.41) is 0. The lowest BCUT2D eigenvalue weighted by molar-refractivity contribution is 0.0983. The van der Waals surface area contributed by atoms with E-state index < -0.39 is 5.82 Å². The lowest BCUT2D eigenvalue weighted by Gasteiger charge is -2.06. The van der Waals surface area contributed by atoms with Crippen molar-refractivity contribution in [1.82, 2.24) is 0 Å². The third-order valence-corrected chi connectivity index (χ3v) is 3.61. The monoisotopic (exact) mass is 276 g/mol. The minimum atomic E-state index is -0.418. The van der Waals surface area contributed by atoms with Crippen LogP contribution in [0.5, 0.6) is 0 Å². The average Bonchev–Trinajstić information content (AvgIpc) is 2.18. The van der Waals surface area contributed by atoms with Gasteiger partial charge in [0, 0.05) is 10.9 Å². The molecule has 0 heterocycles. The molecule has 0 amide bonds. The predicted octanol–water partition coefficient (Wildman–Crippen LogP) is 3.90. The summed E-state index contributed by atoms with van der Waals surface area (Å²) in [6.07, 6.45) is 2.11. The van der Waals surface area contributed by atoms with Crippen molar-refractivity contribution in [2.45, 2.75) is 18.2 Å². The summed E-state index contributed by atoms with van der Waals surface area (Å²) in [4.78, 5) is 11.8. The first-order valence-corrected chi connectivity index (χ1v) is 6.18. The molecule has 0 aliphatic rings. The molecule has 0 saturated heterocycles. The van der Waals surface area contributed by atoms with E-state index in [0.717, 1.165) is 0 Å². The maximum atomic E-state index is 13.7. The van der Waals surface area contributed by atoms with Gasteiger partial charge in [0.1, 0.15) is 5.82 Å². The highest BCUT2D eigenvalue weighted by atomic mass is 79.9. The van der Waals surface area contributed by atoms with Gasteiger partial charge in [0.25, 0.3) is 0 Å². The molecule has 1 aromatic carbocycles. The molecule has 0 bridgehead atoms. The largest absolute Gasteiger partial charge is 0.294 e. The van der Waals surface area contributed by atoms with Crippen LogP contribution in [-0.2, 0) is 0 Å². The first-order valence-electron chi connectivity index (χ1n) is 4.17. The summed E-state index contributed by atoms with van der Waals surface area (Å²) in [7, 11) is 0. The first kappa shape index (κ1) is 11.7. The van der Waals surface area contributed by atoms with Crippen molar-refractivity contribution < 1.29 is 9.18 Å². The van der Waals surface area contributed by atoms with Gasteiger partial charge in [0.2, 0.25) is 0 Å². The Morgan fingerprint density at radius 1 is 1.57 bits per heavy atom. The molecule has 1 nitrogen and oxygen atoms in total. The molecule has 0 radical (unpaired) electrons. The summed E-state index contributed by atoms with van der Waals surface area (Å²) in [6.45, 7) is 1.72. The average molecular weight is 277 g/mol. The van der Waals surface area contributed by atoms with Crippen LogP contribution in [-0.4, -0.2) is 12.0 Å². The van der Waals surface area contributed by atoms with Crippen LogP contribution in [0.3, 0.4) is 0 Å². The number of benzene rings is 1. The van der Waals surface area contributed by atoms with Gasteiger partial charge in [-0.3, -0.25) is 4.79 Å². The Morgan fingerprint density at radius 2 is 2.21 bits per heavy atom. The fourth-order valence-corrected chi connectivity index (χ4v) is 2.47.